The molecule has 2 heterocycles. The highest BCUT2D eigenvalue weighted by Gasteiger charge is 2.13. The highest BCUT2D eigenvalue weighted by molar-refractivity contribution is 7.17. The van der Waals surface area contributed by atoms with Crippen LogP contribution in [-0.2, 0) is 17.8 Å². The molecule has 2 aromatic carbocycles. The predicted octanol–water partition coefficient (Wildman–Crippen LogP) is 4.62. The normalized spacial score (nSPS) is 14.5. The molecule has 0 unspecified atom stereocenters. The molecule has 3 aromatic rings. The highest BCUT2D eigenvalue weighted by Crippen LogP contribution is 2.26. The van der Waals surface area contributed by atoms with Gasteiger partial charge in [0.15, 0.2) is 0 Å². The van der Waals surface area contributed by atoms with Gasteiger partial charge in [0.25, 0.3) is 0 Å². The van der Waals surface area contributed by atoms with Crippen molar-refractivity contribution in [3.05, 3.63) is 88.8 Å². The van der Waals surface area contributed by atoms with E-state index in [1.807, 2.05) is 18.3 Å². The van der Waals surface area contributed by atoms with Crippen LogP contribution in [0.3, 0.4) is 0 Å². The van der Waals surface area contributed by atoms with E-state index in [0.29, 0.717) is 0 Å². The zero-order valence-electron chi connectivity index (χ0n) is 15.9. The number of anilines is 1. The first-order valence-electron chi connectivity index (χ1n) is 9.66. The van der Waals surface area contributed by atoms with Gasteiger partial charge in [-0.05, 0) is 23.3 Å². The van der Waals surface area contributed by atoms with E-state index in [1.54, 1.807) is 11.3 Å². The van der Waals surface area contributed by atoms with Crippen molar-refractivity contribution in [2.45, 2.75) is 13.1 Å². The third kappa shape index (κ3) is 5.21. The van der Waals surface area contributed by atoms with E-state index in [0.717, 1.165) is 39.4 Å². The van der Waals surface area contributed by atoms with Gasteiger partial charge in [0.2, 0.25) is 0 Å². The molecule has 5 heteroatoms. The Labute approximate surface area is 170 Å². The molecule has 0 aliphatic carbocycles. The fraction of sp³-hybridized carbons (Fsp3) is 0.261. The van der Waals surface area contributed by atoms with Crippen LogP contribution in [0.4, 0.5) is 5.00 Å². The first-order valence-corrected chi connectivity index (χ1v) is 10.5. The summed E-state index contributed by atoms with van der Waals surface area (Å²) in [5.41, 5.74) is 2.52. The van der Waals surface area contributed by atoms with Crippen LogP contribution in [-0.4, -0.2) is 37.5 Å². The Hall–Kier alpha value is -2.63. The minimum Gasteiger partial charge on any atom is -0.378 e. The van der Waals surface area contributed by atoms with Gasteiger partial charge in [-0.1, -0.05) is 60.7 Å². The largest absolute Gasteiger partial charge is 0.378 e. The Morgan fingerprint density at radius 3 is 2.07 bits per heavy atom. The lowest BCUT2D eigenvalue weighted by Gasteiger charge is -2.27. The molecule has 1 aliphatic rings. The maximum Gasteiger partial charge on any atom is 0.0916 e. The second kappa shape index (κ2) is 9.53. The fourth-order valence-electron chi connectivity index (χ4n) is 3.23. The second-order valence-electron chi connectivity index (χ2n) is 6.81. The first kappa shape index (κ1) is 18.7. The van der Waals surface area contributed by atoms with Crippen molar-refractivity contribution < 1.29 is 4.74 Å². The van der Waals surface area contributed by atoms with E-state index in [9.17, 15) is 0 Å². The van der Waals surface area contributed by atoms with Crippen molar-refractivity contribution in [3.63, 3.8) is 0 Å². The molecular formula is C23H25N3OS. The van der Waals surface area contributed by atoms with Crippen molar-refractivity contribution >= 4 is 22.6 Å². The maximum atomic E-state index is 5.45. The monoisotopic (exact) mass is 391 g/mol. The van der Waals surface area contributed by atoms with E-state index in [4.69, 9.17) is 9.84 Å². The number of ether oxygens (including phenoxy) is 1. The number of hydrazone groups is 1. The molecule has 0 radical (unpaired) electrons. The second-order valence-corrected chi connectivity index (χ2v) is 7.91. The van der Waals surface area contributed by atoms with Crippen LogP contribution in [0.5, 0.6) is 0 Å². The maximum absolute atomic E-state index is 5.45. The average molecular weight is 392 g/mol. The summed E-state index contributed by atoms with van der Waals surface area (Å²) in [6, 6.07) is 25.3. The summed E-state index contributed by atoms with van der Waals surface area (Å²) in [6.45, 7) is 5.12. The van der Waals surface area contributed by atoms with Crippen molar-refractivity contribution in [2.24, 2.45) is 5.10 Å². The van der Waals surface area contributed by atoms with Crippen molar-refractivity contribution in [1.29, 1.82) is 0 Å². The number of hydrogen-bond acceptors (Lipinski definition) is 5. The molecule has 0 N–H and O–H groups in total. The number of benzene rings is 2. The zero-order valence-corrected chi connectivity index (χ0v) is 16.7. The van der Waals surface area contributed by atoms with Crippen LogP contribution in [0, 0.1) is 0 Å². The molecule has 0 spiro atoms. The molecule has 4 nitrogen and oxygen atoms in total. The van der Waals surface area contributed by atoms with Crippen LogP contribution in [0.2, 0.25) is 0 Å². The molecule has 1 aromatic heterocycles. The summed E-state index contributed by atoms with van der Waals surface area (Å²) < 4.78 is 5.45. The number of thiophene rings is 1. The lowest BCUT2D eigenvalue weighted by Crippen LogP contribution is -2.35. The summed E-state index contributed by atoms with van der Waals surface area (Å²) in [5, 5.41) is 8.24. The van der Waals surface area contributed by atoms with Crippen molar-refractivity contribution in [2.75, 3.05) is 31.2 Å². The zero-order chi connectivity index (χ0) is 19.0. The van der Waals surface area contributed by atoms with Crippen LogP contribution in [0.15, 0.2) is 77.9 Å². The fourth-order valence-corrected chi connectivity index (χ4v) is 4.15. The van der Waals surface area contributed by atoms with Gasteiger partial charge < -0.3 is 9.64 Å². The first-order chi connectivity index (χ1) is 13.9. The van der Waals surface area contributed by atoms with Crippen molar-refractivity contribution in [1.82, 2.24) is 5.01 Å². The van der Waals surface area contributed by atoms with Gasteiger partial charge in [0, 0.05) is 18.0 Å². The van der Waals surface area contributed by atoms with Gasteiger partial charge in [0.05, 0.1) is 37.5 Å². The Kier molecular flexibility index (Phi) is 6.37. The van der Waals surface area contributed by atoms with E-state index in [-0.39, 0.29) is 0 Å². The smallest absolute Gasteiger partial charge is 0.0916 e. The molecule has 144 valence electrons. The lowest BCUT2D eigenvalue weighted by atomic mass is 10.2. The van der Waals surface area contributed by atoms with Crippen LogP contribution < -0.4 is 4.90 Å². The molecule has 0 amide bonds. The predicted molar refractivity (Wildman–Crippen MR) is 117 cm³/mol. The SMILES string of the molecule is C(=N/N(Cc1ccccc1)Cc1ccccc1)/c1ccc(N2CCOCC2)s1. The molecule has 4 rings (SSSR count). The molecule has 1 fully saturated rings. The van der Waals surface area contributed by atoms with Crippen LogP contribution in [0.1, 0.15) is 16.0 Å². The van der Waals surface area contributed by atoms with E-state index < -0.39 is 0 Å². The van der Waals surface area contributed by atoms with Gasteiger partial charge in [-0.2, -0.15) is 5.10 Å². The molecule has 0 atom stereocenters. The third-order valence-corrected chi connectivity index (χ3v) is 5.78. The Morgan fingerprint density at radius 2 is 1.46 bits per heavy atom. The summed E-state index contributed by atoms with van der Waals surface area (Å²) in [7, 11) is 0. The molecule has 1 saturated heterocycles. The molecule has 28 heavy (non-hydrogen) atoms. The van der Waals surface area contributed by atoms with E-state index >= 15 is 0 Å². The molecule has 0 saturated carbocycles. The van der Waals surface area contributed by atoms with E-state index in [2.05, 4.69) is 70.6 Å². The summed E-state index contributed by atoms with van der Waals surface area (Å²) >= 11 is 1.79. The number of nitrogens with zero attached hydrogens (tertiary/aromatic N) is 3. The van der Waals surface area contributed by atoms with Gasteiger partial charge >= 0.3 is 0 Å². The molecule has 0 bridgehead atoms. The van der Waals surface area contributed by atoms with Crippen LogP contribution in [0.25, 0.3) is 0 Å². The summed E-state index contributed by atoms with van der Waals surface area (Å²) in [6.07, 6.45) is 1.99. The van der Waals surface area contributed by atoms with E-state index in [1.165, 1.54) is 21.0 Å². The Balaban J connectivity index is 1.47. The van der Waals surface area contributed by atoms with Gasteiger partial charge in [-0.3, -0.25) is 5.01 Å². The minimum atomic E-state index is 0.786. The molecule has 1 aliphatic heterocycles. The van der Waals surface area contributed by atoms with Gasteiger partial charge in [-0.15, -0.1) is 11.3 Å². The standard InChI is InChI=1S/C23H25N3OS/c1-3-7-20(8-4-1)18-26(19-21-9-5-2-6-10-21)24-17-22-11-12-23(28-22)25-13-15-27-16-14-25/h1-12,17H,13-16,18-19H2/b24-17-. The summed E-state index contributed by atoms with van der Waals surface area (Å²) in [4.78, 5) is 3.56. The quantitative estimate of drug-likeness (QED) is 0.434. The number of morpholine rings is 1. The summed E-state index contributed by atoms with van der Waals surface area (Å²) in [5.74, 6) is 0. The Bertz CT molecular complexity index is 832. The third-order valence-electron chi connectivity index (χ3n) is 4.70. The van der Waals surface area contributed by atoms with Crippen LogP contribution >= 0.6 is 11.3 Å². The number of rotatable bonds is 7. The van der Waals surface area contributed by atoms with Crippen molar-refractivity contribution in [3.8, 4) is 0 Å². The van der Waals surface area contributed by atoms with Gasteiger partial charge in [-0.25, -0.2) is 0 Å². The number of hydrogen-bond donors (Lipinski definition) is 0. The average Bonchev–Trinajstić information content (AvgIpc) is 3.23. The Morgan fingerprint density at radius 1 is 0.857 bits per heavy atom. The lowest BCUT2D eigenvalue weighted by molar-refractivity contribution is 0.123. The minimum absolute atomic E-state index is 0.786. The topological polar surface area (TPSA) is 28.1 Å². The highest BCUT2D eigenvalue weighted by atomic mass is 32.1. The molecular weight excluding hydrogens is 366 g/mol. The van der Waals surface area contributed by atoms with Gasteiger partial charge in [0.1, 0.15) is 0 Å².